The first kappa shape index (κ1) is 5.48. The van der Waals surface area contributed by atoms with Crippen molar-refractivity contribution in [1.29, 1.82) is 0 Å². The number of H-pyrrole nitrogens is 1. The standard InChI is InChI=1S/C5H8AsN3/c6-5-7-4(8-9-5)3-1-2-3/h3H,1-2,6H2,(H,7,8,9). The summed E-state index contributed by atoms with van der Waals surface area (Å²) in [6.45, 7) is 0. The molecule has 0 saturated heterocycles. The van der Waals surface area contributed by atoms with E-state index in [-0.39, 0.29) is 0 Å². The normalized spacial score (nSPS) is 18.3. The Kier molecular flexibility index (Phi) is 1.12. The molecule has 1 aliphatic rings. The van der Waals surface area contributed by atoms with Crippen LogP contribution in [-0.2, 0) is 0 Å². The van der Waals surface area contributed by atoms with Crippen molar-refractivity contribution >= 4 is 21.5 Å². The summed E-state index contributed by atoms with van der Waals surface area (Å²) in [6.07, 6.45) is 2.59. The predicted octanol–water partition coefficient (Wildman–Crippen LogP) is -1.06. The Morgan fingerprint density at radius 3 is 2.78 bits per heavy atom. The van der Waals surface area contributed by atoms with Crippen molar-refractivity contribution in [2.45, 2.75) is 18.8 Å². The van der Waals surface area contributed by atoms with E-state index in [1.165, 1.54) is 29.7 Å². The van der Waals surface area contributed by atoms with Gasteiger partial charge in [-0.25, -0.2) is 0 Å². The minimum atomic E-state index is 0.710. The van der Waals surface area contributed by atoms with Gasteiger partial charge in [0, 0.05) is 0 Å². The summed E-state index contributed by atoms with van der Waals surface area (Å²) in [5, 5.41) is 6.89. The van der Waals surface area contributed by atoms with Crippen LogP contribution >= 0.6 is 0 Å². The molecule has 48 valence electrons. The maximum absolute atomic E-state index is 4.23. The van der Waals surface area contributed by atoms with Crippen LogP contribution < -0.4 is 4.61 Å². The minimum absolute atomic E-state index is 0.710. The average molecular weight is 185 g/mol. The van der Waals surface area contributed by atoms with Crippen LogP contribution in [0.15, 0.2) is 0 Å². The quantitative estimate of drug-likeness (QED) is 0.566. The number of aromatic nitrogens is 3. The van der Waals surface area contributed by atoms with Gasteiger partial charge in [0.15, 0.2) is 0 Å². The Balaban J connectivity index is 2.28. The van der Waals surface area contributed by atoms with E-state index < -0.39 is 0 Å². The molecule has 0 spiro atoms. The van der Waals surface area contributed by atoms with E-state index in [2.05, 4.69) is 15.2 Å². The molecule has 1 unspecified atom stereocenters. The fourth-order valence-corrected chi connectivity index (χ4v) is 1.25. The molecule has 0 bridgehead atoms. The summed E-state index contributed by atoms with van der Waals surface area (Å²) >= 11 is 1.48. The zero-order chi connectivity index (χ0) is 6.27. The van der Waals surface area contributed by atoms with Crippen molar-refractivity contribution in [3.8, 4) is 0 Å². The Hall–Kier alpha value is -0.302. The molecule has 0 aromatic carbocycles. The summed E-state index contributed by atoms with van der Waals surface area (Å²) in [4.78, 5) is 4.23. The number of rotatable bonds is 1. The van der Waals surface area contributed by atoms with Crippen LogP contribution in [0.1, 0.15) is 24.6 Å². The number of hydrogen-bond acceptors (Lipinski definition) is 2. The zero-order valence-corrected chi connectivity index (χ0v) is 7.39. The molecule has 1 fully saturated rings. The van der Waals surface area contributed by atoms with Gasteiger partial charge in [-0.15, -0.1) is 0 Å². The topological polar surface area (TPSA) is 41.6 Å². The van der Waals surface area contributed by atoms with Gasteiger partial charge >= 0.3 is 61.2 Å². The van der Waals surface area contributed by atoms with Crippen LogP contribution in [0.4, 0.5) is 0 Å². The van der Waals surface area contributed by atoms with Crippen molar-refractivity contribution in [3.63, 3.8) is 0 Å². The van der Waals surface area contributed by atoms with Crippen LogP contribution in [0.3, 0.4) is 0 Å². The van der Waals surface area contributed by atoms with Crippen molar-refractivity contribution < 1.29 is 0 Å². The first-order valence-electron chi connectivity index (χ1n) is 3.04. The number of aromatic amines is 1. The molecule has 1 aromatic rings. The molecule has 3 nitrogen and oxygen atoms in total. The third-order valence-electron chi connectivity index (χ3n) is 1.48. The molecule has 4 heteroatoms. The van der Waals surface area contributed by atoms with Crippen LogP contribution in [0.5, 0.6) is 0 Å². The second kappa shape index (κ2) is 1.84. The Labute approximate surface area is 61.8 Å². The molecule has 1 saturated carbocycles. The van der Waals surface area contributed by atoms with Gasteiger partial charge in [0.1, 0.15) is 0 Å². The molecular formula is C5H8AsN3. The van der Waals surface area contributed by atoms with Crippen molar-refractivity contribution in [2.75, 3.05) is 0 Å². The first-order valence-corrected chi connectivity index (χ1v) is 4.25. The summed E-state index contributed by atoms with van der Waals surface area (Å²) in [5.41, 5.74) is 0. The third kappa shape index (κ3) is 1.01. The number of nitrogens with one attached hydrogen (secondary N) is 1. The van der Waals surface area contributed by atoms with Gasteiger partial charge in [-0.3, -0.25) is 0 Å². The van der Waals surface area contributed by atoms with E-state index in [9.17, 15) is 0 Å². The van der Waals surface area contributed by atoms with E-state index in [0.29, 0.717) is 5.92 Å². The maximum atomic E-state index is 4.23. The van der Waals surface area contributed by atoms with E-state index >= 15 is 0 Å². The molecule has 0 radical (unpaired) electrons. The van der Waals surface area contributed by atoms with Gasteiger partial charge in [-0.1, -0.05) is 0 Å². The summed E-state index contributed by atoms with van der Waals surface area (Å²) < 4.78 is 0.921. The van der Waals surface area contributed by atoms with Gasteiger partial charge in [0.05, 0.1) is 0 Å². The first-order chi connectivity index (χ1) is 4.36. The summed E-state index contributed by atoms with van der Waals surface area (Å²) in [5.74, 6) is 1.80. The fourth-order valence-electron chi connectivity index (χ4n) is 0.827. The second-order valence-electron chi connectivity index (χ2n) is 2.35. The zero-order valence-electron chi connectivity index (χ0n) is 4.96. The molecule has 2 rings (SSSR count). The van der Waals surface area contributed by atoms with Crippen molar-refractivity contribution in [1.82, 2.24) is 15.2 Å². The molecule has 1 heterocycles. The Bertz CT molecular complexity index is 216. The van der Waals surface area contributed by atoms with Crippen LogP contribution in [0.25, 0.3) is 0 Å². The van der Waals surface area contributed by atoms with Crippen LogP contribution in [-0.4, -0.2) is 32.0 Å². The van der Waals surface area contributed by atoms with E-state index in [1.807, 2.05) is 0 Å². The Morgan fingerprint density at radius 2 is 2.33 bits per heavy atom. The summed E-state index contributed by atoms with van der Waals surface area (Å²) in [6, 6.07) is 0. The third-order valence-corrected chi connectivity index (χ3v) is 2.03. The van der Waals surface area contributed by atoms with E-state index in [1.54, 1.807) is 0 Å². The van der Waals surface area contributed by atoms with Gasteiger partial charge in [0.2, 0.25) is 0 Å². The van der Waals surface area contributed by atoms with Gasteiger partial charge in [-0.2, -0.15) is 0 Å². The van der Waals surface area contributed by atoms with Crippen molar-refractivity contribution in [2.24, 2.45) is 0 Å². The fraction of sp³-hybridized carbons (Fsp3) is 0.600. The van der Waals surface area contributed by atoms with Crippen LogP contribution in [0.2, 0.25) is 0 Å². The average Bonchev–Trinajstić information content (AvgIpc) is 2.58. The molecule has 9 heavy (non-hydrogen) atoms. The predicted molar refractivity (Wildman–Crippen MR) is 36.5 cm³/mol. The Morgan fingerprint density at radius 1 is 1.56 bits per heavy atom. The molecule has 1 aromatic heterocycles. The van der Waals surface area contributed by atoms with E-state index in [0.717, 1.165) is 10.4 Å². The number of nitrogens with zero attached hydrogens (tertiary/aromatic N) is 2. The van der Waals surface area contributed by atoms with Crippen LogP contribution in [0, 0.1) is 0 Å². The summed E-state index contributed by atoms with van der Waals surface area (Å²) in [7, 11) is 0. The molecule has 0 aliphatic heterocycles. The van der Waals surface area contributed by atoms with Gasteiger partial charge in [-0.05, 0) is 0 Å². The molecule has 0 amide bonds. The molecular weight excluding hydrogens is 177 g/mol. The van der Waals surface area contributed by atoms with Gasteiger partial charge in [0.25, 0.3) is 0 Å². The monoisotopic (exact) mass is 185 g/mol. The SMILES string of the molecule is [AsH2]c1n[nH]c(C2CC2)n1. The molecule has 1 N–H and O–H groups in total. The van der Waals surface area contributed by atoms with Gasteiger partial charge < -0.3 is 0 Å². The second-order valence-corrected chi connectivity index (χ2v) is 3.44. The molecule has 1 atom stereocenters. The molecule has 1 aliphatic carbocycles. The van der Waals surface area contributed by atoms with E-state index in [4.69, 9.17) is 0 Å². The van der Waals surface area contributed by atoms with Crippen molar-refractivity contribution in [3.05, 3.63) is 5.82 Å². The number of hydrogen-bond donors (Lipinski definition) is 1.